The Kier molecular flexibility index (Phi) is 11.4. The van der Waals surface area contributed by atoms with Crippen molar-refractivity contribution < 1.29 is 9.66 Å². The summed E-state index contributed by atoms with van der Waals surface area (Å²) in [6.07, 6.45) is 0.804. The molecule has 0 aliphatic rings. The lowest BCUT2D eigenvalue weighted by molar-refractivity contribution is -0.385. The van der Waals surface area contributed by atoms with Gasteiger partial charge >= 0.3 is 5.69 Å². The van der Waals surface area contributed by atoms with Crippen LogP contribution in [0.2, 0.25) is 0 Å². The Morgan fingerprint density at radius 3 is 2.41 bits per heavy atom. The van der Waals surface area contributed by atoms with Crippen molar-refractivity contribution in [1.29, 1.82) is 0 Å². The van der Waals surface area contributed by atoms with Crippen molar-refractivity contribution in [3.05, 3.63) is 33.9 Å². The van der Waals surface area contributed by atoms with E-state index in [-0.39, 0.29) is 18.1 Å². The number of halogens is 3. The zero-order valence-corrected chi connectivity index (χ0v) is 14.8. The van der Waals surface area contributed by atoms with Crippen LogP contribution >= 0.6 is 35.6 Å². The summed E-state index contributed by atoms with van der Waals surface area (Å²) < 4.78 is 5.41. The maximum absolute atomic E-state index is 11.1. The lowest BCUT2D eigenvalue weighted by Gasteiger charge is -2.20. The molecule has 0 bridgehead atoms. The van der Waals surface area contributed by atoms with E-state index in [1.807, 2.05) is 13.0 Å². The summed E-state index contributed by atoms with van der Waals surface area (Å²) in [5.41, 5.74) is 0.846. The molecule has 22 heavy (non-hydrogen) atoms. The second kappa shape index (κ2) is 11.8. The molecule has 126 valence electrons. The van der Waals surface area contributed by atoms with Gasteiger partial charge in [-0.25, -0.2) is 0 Å². The molecule has 0 fully saturated rings. The number of alkyl halides is 2. The van der Waals surface area contributed by atoms with Gasteiger partial charge in [0.25, 0.3) is 0 Å². The normalized spacial score (nSPS) is 10.4. The molecule has 0 saturated heterocycles. The average Bonchev–Trinajstić information content (AvgIpc) is 2.46. The van der Waals surface area contributed by atoms with Crippen molar-refractivity contribution >= 4 is 41.3 Å². The van der Waals surface area contributed by atoms with E-state index in [1.165, 1.54) is 0 Å². The van der Waals surface area contributed by atoms with Gasteiger partial charge < -0.3 is 4.74 Å². The van der Waals surface area contributed by atoms with Gasteiger partial charge in [0.15, 0.2) is 5.75 Å². The molecule has 0 aliphatic carbocycles. The molecule has 0 spiro atoms. The van der Waals surface area contributed by atoms with E-state index in [0.29, 0.717) is 43.8 Å². The number of rotatable bonds is 10. The summed E-state index contributed by atoms with van der Waals surface area (Å²) in [7, 11) is 0. The second-order valence-corrected chi connectivity index (χ2v) is 5.32. The Hall–Kier alpha value is -0.750. The smallest absolute Gasteiger partial charge is 0.311 e. The molecule has 0 aliphatic heterocycles. The molecule has 0 heterocycles. The van der Waals surface area contributed by atoms with E-state index < -0.39 is 4.92 Å². The maximum Gasteiger partial charge on any atom is 0.311 e. The first-order valence-corrected chi connectivity index (χ1v) is 7.93. The molecule has 0 atom stereocenters. The summed E-state index contributed by atoms with van der Waals surface area (Å²) in [5, 5.41) is 11.1. The number of nitro benzene ring substituents is 1. The highest BCUT2D eigenvalue weighted by Crippen LogP contribution is 2.28. The van der Waals surface area contributed by atoms with Gasteiger partial charge in [-0.05, 0) is 18.1 Å². The Morgan fingerprint density at radius 1 is 1.27 bits per heavy atom. The van der Waals surface area contributed by atoms with Gasteiger partial charge in [0.2, 0.25) is 0 Å². The third-order valence-corrected chi connectivity index (χ3v) is 3.23. The van der Waals surface area contributed by atoms with Crippen LogP contribution in [0.4, 0.5) is 5.69 Å². The summed E-state index contributed by atoms with van der Waals surface area (Å²) in [5.74, 6) is 1.31. The van der Waals surface area contributed by atoms with E-state index in [0.717, 1.165) is 12.0 Å². The summed E-state index contributed by atoms with van der Waals surface area (Å²) >= 11 is 11.5. The van der Waals surface area contributed by atoms with Gasteiger partial charge in [-0.15, -0.1) is 35.6 Å². The van der Waals surface area contributed by atoms with Crippen LogP contribution in [0.15, 0.2) is 18.2 Å². The highest BCUT2D eigenvalue weighted by Gasteiger charge is 2.17. The molecular formula is C14H21Cl3N2O3. The van der Waals surface area contributed by atoms with Gasteiger partial charge in [-0.3, -0.25) is 15.0 Å². The van der Waals surface area contributed by atoms with E-state index in [1.54, 1.807) is 12.1 Å². The van der Waals surface area contributed by atoms with Gasteiger partial charge in [0.1, 0.15) is 0 Å². The standard InChI is InChI=1S/C14H20Cl2N2O3.ClH/c1-2-9-21-14-4-3-12(10-13(14)18(19)20)11-17(7-5-15)8-6-16;/h3-4,10H,2,5-9,11H2,1H3;1H. The minimum absolute atomic E-state index is 0. The average molecular weight is 372 g/mol. The zero-order valence-electron chi connectivity index (χ0n) is 12.5. The lowest BCUT2D eigenvalue weighted by Crippen LogP contribution is -2.27. The predicted octanol–water partition coefficient (Wildman–Crippen LogP) is 4.09. The van der Waals surface area contributed by atoms with Crippen molar-refractivity contribution in [2.24, 2.45) is 0 Å². The number of hydrogen-bond donors (Lipinski definition) is 0. The fourth-order valence-electron chi connectivity index (χ4n) is 1.91. The molecule has 0 saturated carbocycles. The zero-order chi connectivity index (χ0) is 15.7. The minimum Gasteiger partial charge on any atom is -0.487 e. The number of ether oxygens (including phenoxy) is 1. The van der Waals surface area contributed by atoms with Crippen molar-refractivity contribution in [1.82, 2.24) is 4.90 Å². The summed E-state index contributed by atoms with van der Waals surface area (Å²) in [6.45, 7) is 4.38. The SMILES string of the molecule is CCCOc1ccc(CN(CCCl)CCCl)cc1[N+](=O)[O-].Cl. The van der Waals surface area contributed by atoms with Crippen molar-refractivity contribution in [3.8, 4) is 5.75 Å². The molecule has 0 N–H and O–H groups in total. The monoisotopic (exact) mass is 370 g/mol. The van der Waals surface area contributed by atoms with E-state index in [2.05, 4.69) is 4.90 Å². The molecule has 0 aromatic heterocycles. The Bertz CT molecular complexity index is 455. The van der Waals surface area contributed by atoms with Gasteiger partial charge in [0, 0.05) is 37.5 Å². The largest absolute Gasteiger partial charge is 0.487 e. The molecule has 1 aromatic rings. The fourth-order valence-corrected chi connectivity index (χ4v) is 2.38. The fraction of sp³-hybridized carbons (Fsp3) is 0.571. The Labute approximate surface area is 147 Å². The van der Waals surface area contributed by atoms with Crippen molar-refractivity contribution in [2.45, 2.75) is 19.9 Å². The maximum atomic E-state index is 11.1. The second-order valence-electron chi connectivity index (χ2n) is 4.56. The molecule has 0 unspecified atom stereocenters. The Balaban J connectivity index is 0.00000441. The van der Waals surface area contributed by atoms with Crippen LogP contribution in [-0.2, 0) is 6.54 Å². The summed E-state index contributed by atoms with van der Waals surface area (Å²) in [4.78, 5) is 12.8. The van der Waals surface area contributed by atoms with Gasteiger partial charge in [-0.1, -0.05) is 13.0 Å². The van der Waals surface area contributed by atoms with Crippen LogP contribution in [0.25, 0.3) is 0 Å². The molecule has 5 nitrogen and oxygen atoms in total. The van der Waals surface area contributed by atoms with Gasteiger partial charge in [0.05, 0.1) is 11.5 Å². The molecular weight excluding hydrogens is 351 g/mol. The van der Waals surface area contributed by atoms with Crippen molar-refractivity contribution in [3.63, 3.8) is 0 Å². The quantitative estimate of drug-likeness (QED) is 0.353. The van der Waals surface area contributed by atoms with E-state index >= 15 is 0 Å². The molecule has 1 rings (SSSR count). The van der Waals surface area contributed by atoms with E-state index in [4.69, 9.17) is 27.9 Å². The van der Waals surface area contributed by atoms with Crippen LogP contribution in [0.5, 0.6) is 5.75 Å². The number of nitro groups is 1. The third kappa shape index (κ3) is 7.01. The molecule has 0 radical (unpaired) electrons. The lowest BCUT2D eigenvalue weighted by atomic mass is 10.1. The predicted molar refractivity (Wildman–Crippen MR) is 92.8 cm³/mol. The van der Waals surface area contributed by atoms with Gasteiger partial charge in [-0.2, -0.15) is 0 Å². The van der Waals surface area contributed by atoms with E-state index in [9.17, 15) is 10.1 Å². The molecule has 0 amide bonds. The first kappa shape index (κ1) is 21.2. The van der Waals surface area contributed by atoms with Crippen LogP contribution in [0.1, 0.15) is 18.9 Å². The minimum atomic E-state index is -0.415. The van der Waals surface area contributed by atoms with Crippen LogP contribution in [0.3, 0.4) is 0 Å². The van der Waals surface area contributed by atoms with Crippen molar-refractivity contribution in [2.75, 3.05) is 31.5 Å². The number of nitrogens with zero attached hydrogens (tertiary/aromatic N) is 2. The third-order valence-electron chi connectivity index (χ3n) is 2.89. The molecule has 1 aromatic carbocycles. The number of hydrogen-bond acceptors (Lipinski definition) is 4. The van der Waals surface area contributed by atoms with Crippen LogP contribution in [0, 0.1) is 10.1 Å². The molecule has 8 heteroatoms. The first-order valence-electron chi connectivity index (χ1n) is 6.86. The van der Waals surface area contributed by atoms with Crippen LogP contribution < -0.4 is 4.74 Å². The summed E-state index contributed by atoms with van der Waals surface area (Å²) in [6, 6.07) is 5.05. The number of benzene rings is 1. The topological polar surface area (TPSA) is 55.6 Å². The highest BCUT2D eigenvalue weighted by molar-refractivity contribution is 6.18. The Morgan fingerprint density at radius 2 is 1.91 bits per heavy atom. The first-order chi connectivity index (χ1) is 10.1. The van der Waals surface area contributed by atoms with Crippen LogP contribution in [-0.4, -0.2) is 41.3 Å². The highest BCUT2D eigenvalue weighted by atomic mass is 35.5.